The molecule has 1 aliphatic heterocycles. The number of hydrogen-bond donors (Lipinski definition) is 1. The summed E-state index contributed by atoms with van der Waals surface area (Å²) in [5.41, 5.74) is -0.381. The Labute approximate surface area is 98.8 Å². The minimum atomic E-state index is -0.381. The van der Waals surface area contributed by atoms with Crippen molar-refractivity contribution in [2.24, 2.45) is 0 Å². The Morgan fingerprint density at radius 1 is 1.31 bits per heavy atom. The van der Waals surface area contributed by atoms with Crippen molar-refractivity contribution in [1.29, 1.82) is 0 Å². The molecule has 1 saturated heterocycles. The summed E-state index contributed by atoms with van der Waals surface area (Å²) in [6.45, 7) is 5.99. The van der Waals surface area contributed by atoms with Crippen LogP contribution >= 0.6 is 0 Å². The topological polar surface area (TPSA) is 32.7 Å². The summed E-state index contributed by atoms with van der Waals surface area (Å²) in [4.78, 5) is 2.34. The highest BCUT2D eigenvalue weighted by Crippen LogP contribution is 2.31. The van der Waals surface area contributed by atoms with Crippen LogP contribution in [0.15, 0.2) is 0 Å². The van der Waals surface area contributed by atoms with Gasteiger partial charge in [0.25, 0.3) is 0 Å². The van der Waals surface area contributed by atoms with Crippen molar-refractivity contribution in [3.8, 4) is 0 Å². The normalized spacial score (nSPS) is 25.9. The van der Waals surface area contributed by atoms with Crippen LogP contribution in [-0.2, 0) is 4.74 Å². The summed E-state index contributed by atoms with van der Waals surface area (Å²) in [7, 11) is 0. The van der Waals surface area contributed by atoms with Crippen LogP contribution in [0.25, 0.3) is 0 Å². The molecule has 16 heavy (non-hydrogen) atoms. The lowest BCUT2D eigenvalue weighted by Crippen LogP contribution is -2.56. The summed E-state index contributed by atoms with van der Waals surface area (Å²) < 4.78 is 5.72. The molecule has 1 N–H and O–H groups in total. The van der Waals surface area contributed by atoms with Crippen LogP contribution < -0.4 is 0 Å². The van der Waals surface area contributed by atoms with Gasteiger partial charge in [0.15, 0.2) is 0 Å². The Balaban J connectivity index is 1.58. The third kappa shape index (κ3) is 3.19. The molecule has 0 unspecified atom stereocenters. The van der Waals surface area contributed by atoms with Gasteiger partial charge < -0.3 is 9.84 Å². The first-order chi connectivity index (χ1) is 7.72. The maximum atomic E-state index is 10.2. The Morgan fingerprint density at radius 3 is 2.62 bits per heavy atom. The zero-order valence-corrected chi connectivity index (χ0v) is 10.5. The number of β-amino-alcohol motifs (C(OH)–C–C–N with tert-alkyl or cyclic N) is 1. The summed E-state index contributed by atoms with van der Waals surface area (Å²) >= 11 is 0. The van der Waals surface area contributed by atoms with Crippen LogP contribution in [-0.4, -0.2) is 48.0 Å². The van der Waals surface area contributed by atoms with Crippen LogP contribution in [0.3, 0.4) is 0 Å². The molecule has 2 fully saturated rings. The van der Waals surface area contributed by atoms with Crippen molar-refractivity contribution in [1.82, 2.24) is 4.90 Å². The van der Waals surface area contributed by atoms with E-state index in [1.165, 1.54) is 25.7 Å². The first kappa shape index (κ1) is 12.3. The van der Waals surface area contributed by atoms with Gasteiger partial charge in [0.1, 0.15) is 0 Å². The monoisotopic (exact) mass is 227 g/mol. The molecule has 0 atom stereocenters. The van der Waals surface area contributed by atoms with E-state index in [0.29, 0.717) is 6.10 Å². The second-order valence-corrected chi connectivity index (χ2v) is 5.47. The van der Waals surface area contributed by atoms with Crippen LogP contribution in [0.4, 0.5) is 0 Å². The summed E-state index contributed by atoms with van der Waals surface area (Å²) in [6.07, 6.45) is 7.17. The number of rotatable bonds is 6. The minimum absolute atomic E-state index is 0.381. The molecular formula is C13H25NO2. The maximum Gasteiger partial charge on any atom is 0.0828 e. The van der Waals surface area contributed by atoms with E-state index in [0.717, 1.165) is 39.1 Å². The molecule has 0 aromatic rings. The SMILES string of the molecule is CCCCOC1CN(CC2(O)CCCC2)C1. The zero-order valence-electron chi connectivity index (χ0n) is 10.5. The van der Waals surface area contributed by atoms with E-state index in [4.69, 9.17) is 4.74 Å². The molecule has 2 rings (SSSR count). The Bertz CT molecular complexity index is 208. The maximum absolute atomic E-state index is 10.2. The number of unbranched alkanes of at least 4 members (excludes halogenated alkanes) is 1. The average Bonchev–Trinajstić information content (AvgIpc) is 2.62. The van der Waals surface area contributed by atoms with Gasteiger partial charge in [0.05, 0.1) is 11.7 Å². The average molecular weight is 227 g/mol. The third-order valence-electron chi connectivity index (χ3n) is 3.83. The van der Waals surface area contributed by atoms with Gasteiger partial charge in [-0.15, -0.1) is 0 Å². The number of ether oxygens (including phenoxy) is 1. The molecule has 1 saturated carbocycles. The molecule has 0 bridgehead atoms. The van der Waals surface area contributed by atoms with E-state index < -0.39 is 0 Å². The molecule has 0 radical (unpaired) electrons. The highest BCUT2D eigenvalue weighted by Gasteiger charge is 2.37. The van der Waals surface area contributed by atoms with E-state index in [9.17, 15) is 5.11 Å². The number of hydrogen-bond acceptors (Lipinski definition) is 3. The third-order valence-corrected chi connectivity index (χ3v) is 3.83. The quantitative estimate of drug-likeness (QED) is 0.702. The van der Waals surface area contributed by atoms with Crippen molar-refractivity contribution in [2.45, 2.75) is 57.2 Å². The number of nitrogens with zero attached hydrogens (tertiary/aromatic N) is 1. The zero-order chi connectivity index (χ0) is 11.4. The molecule has 0 spiro atoms. The van der Waals surface area contributed by atoms with Crippen LogP contribution in [0.1, 0.15) is 45.4 Å². The highest BCUT2D eigenvalue weighted by molar-refractivity contribution is 4.92. The van der Waals surface area contributed by atoms with Gasteiger partial charge in [-0.1, -0.05) is 26.2 Å². The van der Waals surface area contributed by atoms with E-state index in [1.54, 1.807) is 0 Å². The van der Waals surface area contributed by atoms with Crippen molar-refractivity contribution in [2.75, 3.05) is 26.2 Å². The molecular weight excluding hydrogens is 202 g/mol. The summed E-state index contributed by atoms with van der Waals surface area (Å²) in [5.74, 6) is 0. The molecule has 1 aliphatic carbocycles. The van der Waals surface area contributed by atoms with E-state index in [2.05, 4.69) is 11.8 Å². The van der Waals surface area contributed by atoms with E-state index in [1.807, 2.05) is 0 Å². The Kier molecular flexibility index (Phi) is 4.22. The van der Waals surface area contributed by atoms with Crippen LogP contribution in [0.2, 0.25) is 0 Å². The molecule has 1 heterocycles. The lowest BCUT2D eigenvalue weighted by Gasteiger charge is -2.42. The van der Waals surface area contributed by atoms with Gasteiger partial charge >= 0.3 is 0 Å². The Hall–Kier alpha value is -0.120. The van der Waals surface area contributed by atoms with E-state index >= 15 is 0 Å². The smallest absolute Gasteiger partial charge is 0.0828 e. The van der Waals surface area contributed by atoms with Gasteiger partial charge in [-0.2, -0.15) is 0 Å². The first-order valence-corrected chi connectivity index (χ1v) is 6.78. The molecule has 2 aliphatic rings. The second kappa shape index (κ2) is 5.48. The molecule has 94 valence electrons. The summed E-state index contributed by atoms with van der Waals surface area (Å²) in [6, 6.07) is 0. The van der Waals surface area contributed by atoms with Crippen molar-refractivity contribution in [3.05, 3.63) is 0 Å². The minimum Gasteiger partial charge on any atom is -0.389 e. The number of aliphatic hydroxyl groups is 1. The molecule has 3 nitrogen and oxygen atoms in total. The molecule has 3 heteroatoms. The second-order valence-electron chi connectivity index (χ2n) is 5.47. The lowest BCUT2D eigenvalue weighted by atomic mass is 9.99. The van der Waals surface area contributed by atoms with E-state index in [-0.39, 0.29) is 5.60 Å². The van der Waals surface area contributed by atoms with Crippen molar-refractivity contribution in [3.63, 3.8) is 0 Å². The van der Waals surface area contributed by atoms with Crippen molar-refractivity contribution < 1.29 is 9.84 Å². The highest BCUT2D eigenvalue weighted by atomic mass is 16.5. The predicted octanol–water partition coefficient (Wildman–Crippen LogP) is 1.79. The first-order valence-electron chi connectivity index (χ1n) is 6.78. The van der Waals surface area contributed by atoms with Gasteiger partial charge in [0.2, 0.25) is 0 Å². The standard InChI is InChI=1S/C13H25NO2/c1-2-3-8-16-12-9-14(10-12)11-13(15)6-4-5-7-13/h12,15H,2-11H2,1H3. The van der Waals surface area contributed by atoms with Crippen LogP contribution in [0, 0.1) is 0 Å². The van der Waals surface area contributed by atoms with Gasteiger partial charge in [-0.25, -0.2) is 0 Å². The molecule has 0 amide bonds. The van der Waals surface area contributed by atoms with Gasteiger partial charge in [0, 0.05) is 26.2 Å². The lowest BCUT2D eigenvalue weighted by molar-refractivity contribution is -0.0875. The predicted molar refractivity (Wildman–Crippen MR) is 64.5 cm³/mol. The number of likely N-dealkylation sites (tertiary alicyclic amines) is 1. The fraction of sp³-hybridized carbons (Fsp3) is 1.00. The van der Waals surface area contributed by atoms with Gasteiger partial charge in [-0.3, -0.25) is 4.90 Å². The summed E-state index contributed by atoms with van der Waals surface area (Å²) in [5, 5.41) is 10.2. The van der Waals surface area contributed by atoms with Crippen LogP contribution in [0.5, 0.6) is 0 Å². The Morgan fingerprint density at radius 2 is 2.00 bits per heavy atom. The largest absolute Gasteiger partial charge is 0.389 e. The molecule has 0 aromatic carbocycles. The molecule has 0 aromatic heterocycles. The van der Waals surface area contributed by atoms with Crippen molar-refractivity contribution >= 4 is 0 Å². The fourth-order valence-electron chi connectivity index (χ4n) is 2.76. The fourth-order valence-corrected chi connectivity index (χ4v) is 2.76. The van der Waals surface area contributed by atoms with Gasteiger partial charge in [-0.05, 0) is 19.3 Å².